The minimum absolute atomic E-state index is 0.171. The molecular formula is C24H24O3S. The van der Waals surface area contributed by atoms with Crippen LogP contribution in [0.1, 0.15) is 45.9 Å². The molecule has 4 rings (SSSR count). The maximum atomic E-state index is 13.6. The Morgan fingerprint density at radius 3 is 1.57 bits per heavy atom. The summed E-state index contributed by atoms with van der Waals surface area (Å²) < 4.78 is 32.4. The first-order valence-electron chi connectivity index (χ1n) is 9.56. The Morgan fingerprint density at radius 1 is 0.679 bits per heavy atom. The summed E-state index contributed by atoms with van der Waals surface area (Å²) in [6.45, 7) is 0. The number of benzene rings is 3. The van der Waals surface area contributed by atoms with Gasteiger partial charge in [0.25, 0.3) is 0 Å². The van der Waals surface area contributed by atoms with Gasteiger partial charge in [-0.05, 0) is 47.6 Å². The van der Waals surface area contributed by atoms with Crippen LogP contribution in [0.15, 0.2) is 84.9 Å². The largest absolute Gasteiger partial charge is 0.497 e. The fraction of sp³-hybridized carbons (Fsp3) is 0.250. The molecular weight excluding hydrogens is 368 g/mol. The number of sulfone groups is 1. The topological polar surface area (TPSA) is 43.4 Å². The van der Waals surface area contributed by atoms with Crippen LogP contribution in [0.5, 0.6) is 5.75 Å². The summed E-state index contributed by atoms with van der Waals surface area (Å²) in [5, 5.41) is -1.00. The smallest absolute Gasteiger partial charge is 0.164 e. The Bertz CT molecular complexity index is 957. The molecule has 1 aliphatic heterocycles. The standard InChI is InChI=1S/C24H24O3S/c1-27-22-14-12-18(13-15-22)21-16-23(19-8-4-2-5-9-19)28(25,26)24(17-21)20-10-6-3-7-11-20/h2-15,21,23-24H,16-17H2,1H3. The lowest BCUT2D eigenvalue weighted by molar-refractivity contribution is 0.414. The van der Waals surface area contributed by atoms with Crippen LogP contribution in [0.25, 0.3) is 0 Å². The van der Waals surface area contributed by atoms with Crippen molar-refractivity contribution in [1.29, 1.82) is 0 Å². The average molecular weight is 393 g/mol. The van der Waals surface area contributed by atoms with E-state index in [4.69, 9.17) is 4.74 Å². The Labute approximate surface area is 166 Å². The van der Waals surface area contributed by atoms with Crippen molar-refractivity contribution in [3.63, 3.8) is 0 Å². The highest BCUT2D eigenvalue weighted by atomic mass is 32.2. The van der Waals surface area contributed by atoms with Crippen molar-refractivity contribution in [3.05, 3.63) is 102 Å². The van der Waals surface area contributed by atoms with E-state index < -0.39 is 20.3 Å². The molecule has 28 heavy (non-hydrogen) atoms. The van der Waals surface area contributed by atoms with Crippen LogP contribution >= 0.6 is 0 Å². The molecule has 3 aromatic carbocycles. The third kappa shape index (κ3) is 3.57. The molecule has 144 valence electrons. The van der Waals surface area contributed by atoms with E-state index in [-0.39, 0.29) is 5.92 Å². The van der Waals surface area contributed by atoms with Crippen molar-refractivity contribution in [2.45, 2.75) is 29.3 Å². The molecule has 1 aliphatic rings. The third-order valence-electron chi connectivity index (χ3n) is 5.72. The number of hydrogen-bond acceptors (Lipinski definition) is 3. The Morgan fingerprint density at radius 2 is 1.14 bits per heavy atom. The summed E-state index contributed by atoms with van der Waals surface area (Å²) in [6.07, 6.45) is 1.20. The van der Waals surface area contributed by atoms with Gasteiger partial charge in [-0.25, -0.2) is 8.42 Å². The maximum Gasteiger partial charge on any atom is 0.164 e. The van der Waals surface area contributed by atoms with Gasteiger partial charge in [0, 0.05) is 0 Å². The molecule has 0 amide bonds. The average Bonchev–Trinajstić information content (AvgIpc) is 2.75. The monoisotopic (exact) mass is 392 g/mol. The van der Waals surface area contributed by atoms with E-state index in [2.05, 4.69) is 12.1 Å². The van der Waals surface area contributed by atoms with Gasteiger partial charge in [-0.3, -0.25) is 0 Å². The van der Waals surface area contributed by atoms with Crippen LogP contribution in [0, 0.1) is 0 Å². The molecule has 0 radical (unpaired) electrons. The highest BCUT2D eigenvalue weighted by Gasteiger charge is 2.43. The van der Waals surface area contributed by atoms with Crippen LogP contribution in [0.4, 0.5) is 0 Å². The van der Waals surface area contributed by atoms with Crippen molar-refractivity contribution in [2.24, 2.45) is 0 Å². The van der Waals surface area contributed by atoms with Crippen molar-refractivity contribution < 1.29 is 13.2 Å². The summed E-state index contributed by atoms with van der Waals surface area (Å²) in [7, 11) is -1.70. The zero-order chi connectivity index (χ0) is 19.6. The van der Waals surface area contributed by atoms with E-state index in [9.17, 15) is 8.42 Å². The maximum absolute atomic E-state index is 13.6. The van der Waals surface area contributed by atoms with E-state index in [1.165, 1.54) is 0 Å². The van der Waals surface area contributed by atoms with Crippen molar-refractivity contribution >= 4 is 9.84 Å². The van der Waals surface area contributed by atoms with Gasteiger partial charge in [0.05, 0.1) is 17.6 Å². The molecule has 1 heterocycles. The summed E-state index contributed by atoms with van der Waals surface area (Å²) in [5.74, 6) is 0.983. The van der Waals surface area contributed by atoms with Crippen LogP contribution < -0.4 is 4.74 Å². The second-order valence-corrected chi connectivity index (χ2v) is 9.65. The minimum Gasteiger partial charge on any atom is -0.497 e. The van der Waals surface area contributed by atoms with E-state index in [1.807, 2.05) is 72.8 Å². The summed E-state index contributed by atoms with van der Waals surface area (Å²) in [5.41, 5.74) is 2.92. The first-order chi connectivity index (χ1) is 13.6. The number of hydrogen-bond donors (Lipinski definition) is 0. The summed E-state index contributed by atoms with van der Waals surface area (Å²) >= 11 is 0. The van der Waals surface area contributed by atoms with Crippen molar-refractivity contribution in [2.75, 3.05) is 7.11 Å². The van der Waals surface area contributed by atoms with Crippen LogP contribution in [0.3, 0.4) is 0 Å². The lowest BCUT2D eigenvalue weighted by Gasteiger charge is -2.36. The molecule has 2 atom stereocenters. The minimum atomic E-state index is -3.35. The number of methoxy groups -OCH3 is 1. The van der Waals surface area contributed by atoms with E-state index in [1.54, 1.807) is 7.11 Å². The molecule has 1 fully saturated rings. The fourth-order valence-corrected chi connectivity index (χ4v) is 6.69. The molecule has 3 aromatic rings. The van der Waals surface area contributed by atoms with Gasteiger partial charge in [-0.15, -0.1) is 0 Å². The van der Waals surface area contributed by atoms with Crippen LogP contribution in [0.2, 0.25) is 0 Å². The normalized spacial score (nSPS) is 23.8. The molecule has 0 aliphatic carbocycles. The van der Waals surface area contributed by atoms with Gasteiger partial charge in [0.2, 0.25) is 0 Å². The Balaban J connectivity index is 1.77. The zero-order valence-electron chi connectivity index (χ0n) is 15.9. The molecule has 1 saturated heterocycles. The van der Waals surface area contributed by atoms with E-state index >= 15 is 0 Å². The summed E-state index contributed by atoms with van der Waals surface area (Å²) in [4.78, 5) is 0. The van der Waals surface area contributed by atoms with Gasteiger partial charge < -0.3 is 4.74 Å². The molecule has 0 saturated carbocycles. The molecule has 0 bridgehead atoms. The molecule has 4 heteroatoms. The highest BCUT2D eigenvalue weighted by Crippen LogP contribution is 2.50. The molecule has 2 unspecified atom stereocenters. The first kappa shape index (κ1) is 18.8. The zero-order valence-corrected chi connectivity index (χ0v) is 16.7. The first-order valence-corrected chi connectivity index (χ1v) is 11.2. The Hall–Kier alpha value is -2.59. The van der Waals surface area contributed by atoms with Gasteiger partial charge >= 0.3 is 0 Å². The lowest BCUT2D eigenvalue weighted by atomic mass is 9.86. The van der Waals surface area contributed by atoms with Crippen molar-refractivity contribution in [3.8, 4) is 5.75 Å². The van der Waals surface area contributed by atoms with Gasteiger partial charge in [-0.2, -0.15) is 0 Å². The van der Waals surface area contributed by atoms with Crippen molar-refractivity contribution in [1.82, 2.24) is 0 Å². The Kier molecular flexibility index (Phi) is 5.23. The van der Waals surface area contributed by atoms with Gasteiger partial charge in [-0.1, -0.05) is 72.8 Å². The van der Waals surface area contributed by atoms with E-state index in [0.29, 0.717) is 12.8 Å². The highest BCUT2D eigenvalue weighted by molar-refractivity contribution is 7.92. The summed E-state index contributed by atoms with van der Waals surface area (Å²) in [6, 6.07) is 27.3. The quantitative estimate of drug-likeness (QED) is 0.591. The van der Waals surface area contributed by atoms with Gasteiger partial charge in [0.1, 0.15) is 5.75 Å². The van der Waals surface area contributed by atoms with E-state index in [0.717, 1.165) is 22.4 Å². The fourth-order valence-electron chi connectivity index (χ4n) is 4.21. The second-order valence-electron chi connectivity index (χ2n) is 7.33. The molecule has 0 aromatic heterocycles. The predicted molar refractivity (Wildman–Crippen MR) is 112 cm³/mol. The van der Waals surface area contributed by atoms with Gasteiger partial charge in [0.15, 0.2) is 9.84 Å². The molecule has 3 nitrogen and oxygen atoms in total. The number of rotatable bonds is 4. The van der Waals surface area contributed by atoms with Crippen LogP contribution in [-0.4, -0.2) is 15.5 Å². The molecule has 0 spiro atoms. The predicted octanol–water partition coefficient (Wildman–Crippen LogP) is 5.47. The molecule has 0 N–H and O–H groups in total. The number of ether oxygens (including phenoxy) is 1. The third-order valence-corrected chi connectivity index (χ3v) is 8.24. The SMILES string of the molecule is COc1ccc(C2CC(c3ccccc3)S(=O)(=O)C(c3ccccc3)C2)cc1. The lowest BCUT2D eigenvalue weighted by Crippen LogP contribution is -2.29. The second kappa shape index (κ2) is 7.80. The van der Waals surface area contributed by atoms with Crippen LogP contribution in [-0.2, 0) is 9.84 Å².